The largest absolute Gasteiger partial charge is 0.465 e. The van der Waals surface area contributed by atoms with Crippen molar-refractivity contribution in [2.24, 2.45) is 11.7 Å². The van der Waals surface area contributed by atoms with Crippen molar-refractivity contribution in [3.05, 3.63) is 11.3 Å². The van der Waals surface area contributed by atoms with E-state index in [2.05, 4.69) is 10.1 Å². The maximum absolute atomic E-state index is 11.4. The fourth-order valence-corrected chi connectivity index (χ4v) is 1.50. The molecule has 1 fully saturated rings. The lowest BCUT2D eigenvalue weighted by Crippen LogP contribution is -2.35. The third-order valence-electron chi connectivity index (χ3n) is 2.20. The van der Waals surface area contributed by atoms with Crippen LogP contribution in [0.25, 0.3) is 0 Å². The summed E-state index contributed by atoms with van der Waals surface area (Å²) in [6.07, 6.45) is 1.74. The Hall–Kier alpha value is -1.43. The molecule has 1 rings (SSSR count). The standard InChI is InChI=1S/C10H14N2O3S/c1-5(11)7(10(14)15-2)9(16)12-8(13)6-3-4-6/h6H,3-4,11H2,1-2H3,(H,12,13,16). The average molecular weight is 242 g/mol. The summed E-state index contributed by atoms with van der Waals surface area (Å²) in [5.41, 5.74) is 5.80. The second kappa shape index (κ2) is 5.07. The zero-order chi connectivity index (χ0) is 12.3. The first-order valence-electron chi connectivity index (χ1n) is 4.87. The van der Waals surface area contributed by atoms with E-state index < -0.39 is 5.97 Å². The molecule has 6 heteroatoms. The normalized spacial score (nSPS) is 16.1. The predicted molar refractivity (Wildman–Crippen MR) is 62.4 cm³/mol. The molecule has 0 bridgehead atoms. The van der Waals surface area contributed by atoms with Crippen LogP contribution in [0.4, 0.5) is 0 Å². The first-order chi connectivity index (χ1) is 7.47. The minimum absolute atomic E-state index is 0.0231. The molecule has 0 heterocycles. The van der Waals surface area contributed by atoms with Gasteiger partial charge in [0.1, 0.15) is 10.6 Å². The van der Waals surface area contributed by atoms with Gasteiger partial charge in [0.05, 0.1) is 7.11 Å². The molecule has 0 aromatic heterocycles. The summed E-state index contributed by atoms with van der Waals surface area (Å²) in [6, 6.07) is 0. The molecule has 0 radical (unpaired) electrons. The molecule has 0 spiro atoms. The number of esters is 1. The van der Waals surface area contributed by atoms with Gasteiger partial charge in [0.2, 0.25) is 5.91 Å². The second-order valence-corrected chi connectivity index (χ2v) is 4.05. The maximum Gasteiger partial charge on any atom is 0.342 e. The molecule has 0 aromatic carbocycles. The summed E-state index contributed by atoms with van der Waals surface area (Å²) in [5, 5.41) is 2.49. The van der Waals surface area contributed by atoms with Gasteiger partial charge in [0.25, 0.3) is 0 Å². The second-order valence-electron chi connectivity index (χ2n) is 3.64. The molecule has 5 nitrogen and oxygen atoms in total. The van der Waals surface area contributed by atoms with Gasteiger partial charge in [-0.05, 0) is 19.8 Å². The van der Waals surface area contributed by atoms with Gasteiger partial charge in [0.15, 0.2) is 0 Å². The van der Waals surface area contributed by atoms with E-state index in [1.54, 1.807) is 0 Å². The molecule has 16 heavy (non-hydrogen) atoms. The fraction of sp³-hybridized carbons (Fsp3) is 0.500. The van der Waals surface area contributed by atoms with E-state index in [1.807, 2.05) is 0 Å². The van der Waals surface area contributed by atoms with Crippen molar-refractivity contribution in [3.63, 3.8) is 0 Å². The van der Waals surface area contributed by atoms with Crippen LogP contribution >= 0.6 is 12.2 Å². The van der Waals surface area contributed by atoms with E-state index in [9.17, 15) is 9.59 Å². The molecule has 0 aliphatic heterocycles. The van der Waals surface area contributed by atoms with Gasteiger partial charge < -0.3 is 15.8 Å². The van der Waals surface area contributed by atoms with Crippen molar-refractivity contribution in [2.75, 3.05) is 7.11 Å². The van der Waals surface area contributed by atoms with E-state index in [0.717, 1.165) is 12.8 Å². The Labute approximate surface area is 99.0 Å². The van der Waals surface area contributed by atoms with Crippen molar-refractivity contribution in [1.82, 2.24) is 5.32 Å². The summed E-state index contributed by atoms with van der Waals surface area (Å²) < 4.78 is 4.54. The Kier molecular flexibility index (Phi) is 4.00. The molecule has 1 aliphatic carbocycles. The highest BCUT2D eigenvalue weighted by molar-refractivity contribution is 7.81. The third kappa shape index (κ3) is 3.03. The van der Waals surface area contributed by atoms with Crippen molar-refractivity contribution in [3.8, 4) is 0 Å². The Morgan fingerprint density at radius 2 is 2.00 bits per heavy atom. The Bertz CT molecular complexity index is 368. The number of nitrogens with two attached hydrogens (primary N) is 1. The monoisotopic (exact) mass is 242 g/mol. The summed E-state index contributed by atoms with van der Waals surface area (Å²) in [6.45, 7) is 1.53. The molecule has 1 saturated carbocycles. The highest BCUT2D eigenvalue weighted by Crippen LogP contribution is 2.28. The molecule has 88 valence electrons. The SMILES string of the molecule is COC(=O)C(C(=S)NC(=O)C1CC1)=C(C)N. The Balaban J connectivity index is 2.72. The van der Waals surface area contributed by atoms with Crippen LogP contribution in [0.5, 0.6) is 0 Å². The van der Waals surface area contributed by atoms with Crippen LogP contribution in [0.1, 0.15) is 19.8 Å². The van der Waals surface area contributed by atoms with Gasteiger partial charge in [-0.2, -0.15) is 0 Å². The third-order valence-corrected chi connectivity index (χ3v) is 2.50. The summed E-state index contributed by atoms with van der Waals surface area (Å²) >= 11 is 4.95. The number of hydrogen-bond donors (Lipinski definition) is 2. The average Bonchev–Trinajstić information content (AvgIpc) is 2.99. The topological polar surface area (TPSA) is 81.4 Å². The number of carbonyl (C=O) groups is 2. The highest BCUT2D eigenvalue weighted by Gasteiger charge is 2.31. The van der Waals surface area contributed by atoms with Crippen molar-refractivity contribution >= 4 is 29.1 Å². The van der Waals surface area contributed by atoms with Crippen LogP contribution in [0.2, 0.25) is 0 Å². The van der Waals surface area contributed by atoms with E-state index in [1.165, 1.54) is 14.0 Å². The van der Waals surface area contributed by atoms with E-state index >= 15 is 0 Å². The summed E-state index contributed by atoms with van der Waals surface area (Å²) in [4.78, 5) is 22.8. The zero-order valence-corrected chi connectivity index (χ0v) is 10.0. The zero-order valence-electron chi connectivity index (χ0n) is 9.20. The number of amides is 1. The molecule has 0 atom stereocenters. The number of carbonyl (C=O) groups excluding carboxylic acids is 2. The minimum Gasteiger partial charge on any atom is -0.465 e. The van der Waals surface area contributed by atoms with Crippen LogP contribution in [-0.2, 0) is 14.3 Å². The Morgan fingerprint density at radius 3 is 2.38 bits per heavy atom. The predicted octanol–water partition coefficient (Wildman–Crippen LogP) is 0.246. The van der Waals surface area contributed by atoms with E-state index in [0.29, 0.717) is 0 Å². The quantitative estimate of drug-likeness (QED) is 0.421. The van der Waals surface area contributed by atoms with Crippen LogP contribution < -0.4 is 11.1 Å². The fourth-order valence-electron chi connectivity index (χ4n) is 1.16. The lowest BCUT2D eigenvalue weighted by molar-refractivity contribution is -0.135. The number of methoxy groups -OCH3 is 1. The molecule has 0 unspecified atom stereocenters. The smallest absolute Gasteiger partial charge is 0.342 e. The van der Waals surface area contributed by atoms with Gasteiger partial charge in [-0.1, -0.05) is 12.2 Å². The van der Waals surface area contributed by atoms with E-state index in [-0.39, 0.29) is 28.1 Å². The first-order valence-corrected chi connectivity index (χ1v) is 5.28. The number of nitrogens with one attached hydrogen (secondary N) is 1. The highest BCUT2D eigenvalue weighted by atomic mass is 32.1. The molecule has 0 saturated heterocycles. The van der Waals surface area contributed by atoms with Gasteiger partial charge in [0, 0.05) is 11.6 Å². The Morgan fingerprint density at radius 1 is 1.44 bits per heavy atom. The first kappa shape index (κ1) is 12.6. The number of allylic oxidation sites excluding steroid dienone is 1. The van der Waals surface area contributed by atoms with Crippen LogP contribution in [-0.4, -0.2) is 24.0 Å². The molecule has 3 N–H and O–H groups in total. The number of rotatable bonds is 3. The number of ether oxygens (including phenoxy) is 1. The van der Waals surface area contributed by atoms with E-state index in [4.69, 9.17) is 18.0 Å². The lowest BCUT2D eigenvalue weighted by atomic mass is 10.2. The van der Waals surface area contributed by atoms with Gasteiger partial charge in [-0.15, -0.1) is 0 Å². The molecule has 1 aliphatic rings. The minimum atomic E-state index is -0.638. The number of hydrogen-bond acceptors (Lipinski definition) is 5. The van der Waals surface area contributed by atoms with Gasteiger partial charge in [-0.3, -0.25) is 4.79 Å². The molecular formula is C10H14N2O3S. The number of thiocarbonyl (C=S) groups is 1. The lowest BCUT2D eigenvalue weighted by Gasteiger charge is -2.10. The molecular weight excluding hydrogens is 228 g/mol. The van der Waals surface area contributed by atoms with Gasteiger partial charge in [-0.25, -0.2) is 4.79 Å². The van der Waals surface area contributed by atoms with Crippen LogP contribution in [0, 0.1) is 5.92 Å². The molecule has 1 amide bonds. The summed E-state index contributed by atoms with van der Waals surface area (Å²) in [7, 11) is 1.23. The summed E-state index contributed by atoms with van der Waals surface area (Å²) in [5.74, 6) is -0.774. The van der Waals surface area contributed by atoms with Crippen LogP contribution in [0.3, 0.4) is 0 Å². The van der Waals surface area contributed by atoms with Crippen molar-refractivity contribution in [1.29, 1.82) is 0 Å². The van der Waals surface area contributed by atoms with Crippen LogP contribution in [0.15, 0.2) is 11.3 Å². The van der Waals surface area contributed by atoms with Crippen molar-refractivity contribution in [2.45, 2.75) is 19.8 Å². The van der Waals surface area contributed by atoms with Crippen molar-refractivity contribution < 1.29 is 14.3 Å². The van der Waals surface area contributed by atoms with Gasteiger partial charge >= 0.3 is 5.97 Å². The molecule has 0 aromatic rings. The maximum atomic E-state index is 11.4.